The number of aromatic amines is 1. The summed E-state index contributed by atoms with van der Waals surface area (Å²) in [6.45, 7) is 1.52. The zero-order valence-corrected chi connectivity index (χ0v) is 13.1. The molecule has 0 radical (unpaired) electrons. The van der Waals surface area contributed by atoms with Crippen LogP contribution in [0.4, 0.5) is 0 Å². The number of nitrogens with one attached hydrogen (secondary N) is 1. The fourth-order valence-electron chi connectivity index (χ4n) is 1.88. The van der Waals surface area contributed by atoms with Crippen molar-refractivity contribution in [1.29, 1.82) is 0 Å². The lowest BCUT2D eigenvalue weighted by molar-refractivity contribution is 0.174. The van der Waals surface area contributed by atoms with Crippen LogP contribution in [0.2, 0.25) is 0 Å². The van der Waals surface area contributed by atoms with Gasteiger partial charge in [0.25, 0.3) is 5.56 Å². The Morgan fingerprint density at radius 3 is 2.82 bits per heavy atom. The molecular formula is C13H12N2O5S2. The molecule has 2 heterocycles. The highest BCUT2D eigenvalue weighted by Gasteiger charge is 2.13. The first-order chi connectivity index (χ1) is 10.3. The summed E-state index contributed by atoms with van der Waals surface area (Å²) < 4.78 is 33.7. The van der Waals surface area contributed by atoms with Crippen LogP contribution in [0, 0.1) is 0 Å². The van der Waals surface area contributed by atoms with Gasteiger partial charge in [-0.3, -0.25) is 4.79 Å². The van der Waals surface area contributed by atoms with Crippen molar-refractivity contribution in [2.24, 2.45) is 5.14 Å². The van der Waals surface area contributed by atoms with Crippen molar-refractivity contribution in [3.63, 3.8) is 0 Å². The Hall–Kier alpha value is -2.10. The summed E-state index contributed by atoms with van der Waals surface area (Å²) in [6, 6.07) is 5.28. The molecule has 3 rings (SSSR count). The average molecular weight is 340 g/mol. The number of rotatable bonds is 2. The van der Waals surface area contributed by atoms with Crippen LogP contribution in [0.15, 0.2) is 23.0 Å². The van der Waals surface area contributed by atoms with Crippen LogP contribution in [0.25, 0.3) is 11.0 Å². The molecule has 3 N–H and O–H groups in total. The third-order valence-corrected chi connectivity index (χ3v) is 5.43. The number of primary sulfonamides is 1. The lowest BCUT2D eigenvalue weighted by atomic mass is 10.2. The van der Waals surface area contributed by atoms with Crippen LogP contribution in [0.3, 0.4) is 0 Å². The third kappa shape index (κ3) is 2.78. The first-order valence-corrected chi connectivity index (χ1v) is 8.55. The van der Waals surface area contributed by atoms with E-state index in [-0.39, 0.29) is 21.9 Å². The number of nitrogens with two attached hydrogens (primary N) is 1. The highest BCUT2D eigenvalue weighted by molar-refractivity contribution is 7.98. The van der Waals surface area contributed by atoms with Gasteiger partial charge in [0.2, 0.25) is 16.8 Å². The van der Waals surface area contributed by atoms with E-state index in [1.807, 2.05) is 0 Å². The molecule has 0 atom stereocenters. The largest absolute Gasteiger partial charge is 0.454 e. The summed E-state index contributed by atoms with van der Waals surface area (Å²) in [5.74, 6) is 1.26. The van der Waals surface area contributed by atoms with Crippen LogP contribution in [-0.4, -0.2) is 20.2 Å². The Labute approximate surface area is 129 Å². The molecule has 116 valence electrons. The number of sulfonamides is 1. The Bertz CT molecular complexity index is 1020. The van der Waals surface area contributed by atoms with Gasteiger partial charge in [0.15, 0.2) is 11.5 Å². The number of aromatic nitrogens is 1. The second-order valence-electron chi connectivity index (χ2n) is 4.61. The summed E-state index contributed by atoms with van der Waals surface area (Å²) in [5.41, 5.74) is 0.372. The van der Waals surface area contributed by atoms with Crippen molar-refractivity contribution in [1.82, 2.24) is 4.98 Å². The normalized spacial score (nSPS) is 16.0. The molecule has 1 aliphatic heterocycles. The topological polar surface area (TPSA) is 111 Å². The van der Waals surface area contributed by atoms with Gasteiger partial charge in [-0.25, -0.2) is 13.6 Å². The van der Waals surface area contributed by atoms with Gasteiger partial charge in [0, 0.05) is 0 Å². The lowest BCUT2D eigenvalue weighted by Crippen LogP contribution is -2.22. The van der Waals surface area contributed by atoms with E-state index in [2.05, 4.69) is 4.98 Å². The molecule has 0 spiro atoms. The van der Waals surface area contributed by atoms with E-state index < -0.39 is 10.0 Å². The molecule has 1 aromatic heterocycles. The molecule has 0 fully saturated rings. The van der Waals surface area contributed by atoms with Crippen molar-refractivity contribution in [3.8, 4) is 11.5 Å². The minimum absolute atomic E-state index is 0.0695. The zero-order valence-electron chi connectivity index (χ0n) is 11.5. The fraction of sp³-hybridized carbons (Fsp3) is 0.154. The molecule has 1 aliphatic rings. The summed E-state index contributed by atoms with van der Waals surface area (Å²) in [7, 11) is -3.83. The molecule has 0 unspecified atom stereocenters. The second kappa shape index (κ2) is 5.27. The molecule has 7 nitrogen and oxygen atoms in total. The summed E-state index contributed by atoms with van der Waals surface area (Å²) >= 11 is 1.03. The van der Waals surface area contributed by atoms with Crippen molar-refractivity contribution in [3.05, 3.63) is 43.3 Å². The predicted molar refractivity (Wildman–Crippen MR) is 82.5 cm³/mol. The molecular weight excluding hydrogens is 328 g/mol. The number of fused-ring (bicyclic) bond motifs is 1. The van der Waals surface area contributed by atoms with Crippen molar-refractivity contribution < 1.29 is 17.9 Å². The van der Waals surface area contributed by atoms with Crippen LogP contribution in [0.5, 0.6) is 11.5 Å². The molecule has 0 amide bonds. The maximum atomic E-state index is 11.9. The van der Waals surface area contributed by atoms with Crippen molar-refractivity contribution in [2.45, 2.75) is 6.92 Å². The number of ether oxygens (including phenoxy) is 2. The Morgan fingerprint density at radius 2 is 2.09 bits per heavy atom. The lowest BCUT2D eigenvalue weighted by Gasteiger charge is -1.96. The molecule has 0 saturated heterocycles. The van der Waals surface area contributed by atoms with E-state index in [0.29, 0.717) is 16.0 Å². The SMILES string of the molecule is CC(=c1[nH]c(=O)c(=Cc2ccc3c(c2)OCO3)s1)S(N)(=O)=O. The molecule has 0 bridgehead atoms. The molecule has 2 aromatic rings. The maximum Gasteiger partial charge on any atom is 0.266 e. The Balaban J connectivity index is 2.14. The number of hydrogen-bond donors (Lipinski definition) is 2. The highest BCUT2D eigenvalue weighted by Crippen LogP contribution is 2.32. The molecule has 1 aromatic carbocycles. The van der Waals surface area contributed by atoms with Crippen LogP contribution in [-0.2, 0) is 10.0 Å². The standard InChI is InChI=1S/C13H12N2O5S2/c1-7(22(14,17)18)13-15-12(16)11(21-13)5-8-2-3-9-10(4-8)20-6-19-9/h2-5H,6H2,1H3,(H,15,16)(H2,14,17,18). The molecule has 0 saturated carbocycles. The summed E-state index contributed by atoms with van der Waals surface area (Å²) in [5, 5.41) is 5.06. The van der Waals surface area contributed by atoms with E-state index >= 15 is 0 Å². The Morgan fingerprint density at radius 1 is 1.36 bits per heavy atom. The summed E-state index contributed by atoms with van der Waals surface area (Å²) in [6.07, 6.45) is 1.64. The van der Waals surface area contributed by atoms with Gasteiger partial charge in [0.05, 0.1) is 9.44 Å². The third-order valence-electron chi connectivity index (χ3n) is 3.10. The van der Waals surface area contributed by atoms with Gasteiger partial charge in [-0.05, 0) is 30.7 Å². The van der Waals surface area contributed by atoms with E-state index in [0.717, 1.165) is 16.9 Å². The quantitative estimate of drug-likeness (QED) is 0.759. The van der Waals surface area contributed by atoms with Crippen molar-refractivity contribution in [2.75, 3.05) is 6.79 Å². The average Bonchev–Trinajstić information content (AvgIpc) is 3.04. The molecule has 0 aliphatic carbocycles. The van der Waals surface area contributed by atoms with Gasteiger partial charge in [-0.2, -0.15) is 0 Å². The van der Waals surface area contributed by atoms with Gasteiger partial charge < -0.3 is 14.5 Å². The van der Waals surface area contributed by atoms with E-state index in [9.17, 15) is 13.2 Å². The van der Waals surface area contributed by atoms with E-state index in [1.165, 1.54) is 6.92 Å². The first-order valence-electron chi connectivity index (χ1n) is 6.19. The minimum Gasteiger partial charge on any atom is -0.454 e. The fourth-order valence-corrected chi connectivity index (χ4v) is 3.51. The number of H-pyrrole nitrogens is 1. The Kier molecular flexibility index (Phi) is 3.55. The van der Waals surface area contributed by atoms with E-state index in [4.69, 9.17) is 14.6 Å². The molecule has 22 heavy (non-hydrogen) atoms. The van der Waals surface area contributed by atoms with Gasteiger partial charge >= 0.3 is 0 Å². The van der Waals surface area contributed by atoms with Crippen LogP contribution < -0.4 is 29.4 Å². The van der Waals surface area contributed by atoms with Crippen LogP contribution >= 0.6 is 11.3 Å². The van der Waals surface area contributed by atoms with Crippen LogP contribution in [0.1, 0.15) is 12.5 Å². The monoisotopic (exact) mass is 340 g/mol. The molecule has 9 heteroatoms. The minimum atomic E-state index is -3.83. The smallest absolute Gasteiger partial charge is 0.266 e. The van der Waals surface area contributed by atoms with Gasteiger partial charge in [-0.1, -0.05) is 6.07 Å². The highest BCUT2D eigenvalue weighted by atomic mass is 32.2. The second-order valence-corrected chi connectivity index (χ2v) is 7.36. The number of thiazole rings is 1. The van der Waals surface area contributed by atoms with E-state index in [1.54, 1.807) is 24.3 Å². The zero-order chi connectivity index (χ0) is 15.9. The predicted octanol–water partition coefficient (Wildman–Crippen LogP) is -0.589. The summed E-state index contributed by atoms with van der Waals surface area (Å²) in [4.78, 5) is 14.4. The van der Waals surface area contributed by atoms with Crippen molar-refractivity contribution >= 4 is 32.3 Å². The van der Waals surface area contributed by atoms with Gasteiger partial charge in [-0.15, -0.1) is 11.3 Å². The maximum absolute atomic E-state index is 11.9. The number of hydrogen-bond acceptors (Lipinski definition) is 6. The number of benzene rings is 1. The first kappa shape index (κ1) is 14.8. The van der Waals surface area contributed by atoms with Gasteiger partial charge in [0.1, 0.15) is 4.66 Å².